The third-order valence-electron chi connectivity index (χ3n) is 4.84. The number of aromatic nitrogens is 4. The minimum absolute atomic E-state index is 0.212. The molecule has 3 aromatic heterocycles. The number of hydrogen-bond acceptors (Lipinski definition) is 4. The lowest BCUT2D eigenvalue weighted by atomic mass is 10.1. The van der Waals surface area contributed by atoms with Crippen molar-refractivity contribution in [2.24, 2.45) is 17.0 Å². The van der Waals surface area contributed by atoms with Crippen LogP contribution in [0, 0.1) is 5.82 Å². The topological polar surface area (TPSA) is 71.2 Å². The summed E-state index contributed by atoms with van der Waals surface area (Å²) in [5.41, 5.74) is 5.15. The second-order valence-corrected chi connectivity index (χ2v) is 6.81. The maximum Gasteiger partial charge on any atom is 0.157 e. The summed E-state index contributed by atoms with van der Waals surface area (Å²) in [6, 6.07) is 8.85. The highest BCUT2D eigenvalue weighted by Gasteiger charge is 2.18. The van der Waals surface area contributed by atoms with Crippen LogP contribution in [0.2, 0.25) is 0 Å². The minimum Gasteiger partial charge on any atom is -0.345 e. The van der Waals surface area contributed by atoms with Crippen molar-refractivity contribution in [2.45, 2.75) is 6.42 Å². The lowest BCUT2D eigenvalue weighted by Gasteiger charge is -2.01. The van der Waals surface area contributed by atoms with E-state index in [2.05, 4.69) is 31.1 Å². The molecule has 4 heterocycles. The Morgan fingerprint density at radius 1 is 1.18 bits per heavy atom. The number of aromatic amines is 1. The standard InChI is InChI=1S/C21H17FN6/c1-28-12-15(9-26-28)14-7-17-18(11-25-20(17)23-8-14)21-24-10-16(27-21)6-13-4-2-3-5-19(13)22/h2-5,7-9,11-12H,6,10H2,1H3,(H,23,25). The molecule has 138 valence electrons. The number of benzene rings is 1. The van der Waals surface area contributed by atoms with Crippen LogP contribution in [0.4, 0.5) is 4.39 Å². The Kier molecular flexibility index (Phi) is 3.86. The van der Waals surface area contributed by atoms with Crippen molar-refractivity contribution in [1.29, 1.82) is 0 Å². The molecule has 7 heteroatoms. The molecule has 0 amide bonds. The van der Waals surface area contributed by atoms with Gasteiger partial charge < -0.3 is 4.98 Å². The van der Waals surface area contributed by atoms with Gasteiger partial charge in [-0.2, -0.15) is 5.10 Å². The molecule has 0 unspecified atom stereocenters. The Balaban J connectivity index is 1.48. The number of H-pyrrole nitrogens is 1. The first-order valence-electron chi connectivity index (χ1n) is 8.98. The Morgan fingerprint density at radius 3 is 2.89 bits per heavy atom. The predicted octanol–water partition coefficient (Wildman–Crippen LogP) is 3.55. The molecule has 1 aromatic carbocycles. The first kappa shape index (κ1) is 16.6. The summed E-state index contributed by atoms with van der Waals surface area (Å²) >= 11 is 0. The molecule has 0 bridgehead atoms. The van der Waals surface area contributed by atoms with E-state index in [-0.39, 0.29) is 5.82 Å². The molecule has 0 saturated carbocycles. The van der Waals surface area contributed by atoms with Crippen LogP contribution < -0.4 is 0 Å². The molecular formula is C21H17FN6. The highest BCUT2D eigenvalue weighted by Crippen LogP contribution is 2.26. The van der Waals surface area contributed by atoms with Crippen molar-refractivity contribution in [2.75, 3.05) is 6.54 Å². The maximum absolute atomic E-state index is 13.9. The van der Waals surface area contributed by atoms with Gasteiger partial charge in [0.05, 0.1) is 12.7 Å². The SMILES string of the molecule is Cn1cc(-c2cnc3[nH]cc(C4=NCC(Cc5ccccc5F)=N4)c3c2)cn1. The van der Waals surface area contributed by atoms with Crippen molar-refractivity contribution in [3.8, 4) is 11.1 Å². The molecule has 0 fully saturated rings. The van der Waals surface area contributed by atoms with Gasteiger partial charge in [-0.05, 0) is 17.7 Å². The van der Waals surface area contributed by atoms with E-state index in [1.807, 2.05) is 37.9 Å². The van der Waals surface area contributed by atoms with E-state index in [1.54, 1.807) is 16.8 Å². The van der Waals surface area contributed by atoms with E-state index >= 15 is 0 Å². The van der Waals surface area contributed by atoms with E-state index in [9.17, 15) is 4.39 Å². The van der Waals surface area contributed by atoms with E-state index < -0.39 is 0 Å². The molecule has 0 spiro atoms. The van der Waals surface area contributed by atoms with Crippen LogP contribution in [0.1, 0.15) is 11.1 Å². The quantitative estimate of drug-likeness (QED) is 0.595. The van der Waals surface area contributed by atoms with Gasteiger partial charge in [0.25, 0.3) is 0 Å². The van der Waals surface area contributed by atoms with Gasteiger partial charge in [-0.25, -0.2) is 14.4 Å². The fourth-order valence-corrected chi connectivity index (χ4v) is 3.41. The van der Waals surface area contributed by atoms with Gasteiger partial charge in [0.1, 0.15) is 11.5 Å². The van der Waals surface area contributed by atoms with E-state index in [0.717, 1.165) is 33.4 Å². The van der Waals surface area contributed by atoms with Gasteiger partial charge in [-0.1, -0.05) is 18.2 Å². The summed E-state index contributed by atoms with van der Waals surface area (Å²) in [4.78, 5) is 16.9. The third kappa shape index (κ3) is 2.90. The van der Waals surface area contributed by atoms with Gasteiger partial charge in [0.15, 0.2) is 5.84 Å². The fraction of sp³-hybridized carbons (Fsp3) is 0.143. The van der Waals surface area contributed by atoms with Crippen LogP contribution in [0.15, 0.2) is 65.1 Å². The molecule has 4 aromatic rings. The molecule has 0 saturated heterocycles. The lowest BCUT2D eigenvalue weighted by molar-refractivity contribution is 0.616. The van der Waals surface area contributed by atoms with Crippen LogP contribution in [0.25, 0.3) is 22.2 Å². The smallest absolute Gasteiger partial charge is 0.157 e. The molecule has 0 radical (unpaired) electrons. The summed E-state index contributed by atoms with van der Waals surface area (Å²) in [5, 5.41) is 5.18. The van der Waals surface area contributed by atoms with Crippen molar-refractivity contribution in [1.82, 2.24) is 19.7 Å². The molecule has 6 nitrogen and oxygen atoms in total. The van der Waals surface area contributed by atoms with Gasteiger partial charge in [-0.15, -0.1) is 0 Å². The van der Waals surface area contributed by atoms with Crippen LogP contribution in [0.5, 0.6) is 0 Å². The number of nitrogens with zero attached hydrogens (tertiary/aromatic N) is 5. The van der Waals surface area contributed by atoms with Crippen molar-refractivity contribution >= 4 is 22.6 Å². The predicted molar refractivity (Wildman–Crippen MR) is 107 cm³/mol. The first-order chi connectivity index (χ1) is 13.7. The highest BCUT2D eigenvalue weighted by atomic mass is 19.1. The summed E-state index contributed by atoms with van der Waals surface area (Å²) in [7, 11) is 1.89. The van der Waals surface area contributed by atoms with Crippen molar-refractivity contribution in [3.05, 3.63) is 72.1 Å². The zero-order valence-corrected chi connectivity index (χ0v) is 15.2. The summed E-state index contributed by atoms with van der Waals surface area (Å²) in [6.45, 7) is 0.478. The number of nitrogens with one attached hydrogen (secondary N) is 1. The average Bonchev–Trinajstić information content (AvgIpc) is 3.42. The second-order valence-electron chi connectivity index (χ2n) is 6.81. The normalized spacial score (nSPS) is 13.8. The highest BCUT2D eigenvalue weighted by molar-refractivity contribution is 6.17. The lowest BCUT2D eigenvalue weighted by Crippen LogP contribution is -2.05. The van der Waals surface area contributed by atoms with E-state index in [0.29, 0.717) is 24.4 Å². The molecule has 0 atom stereocenters. The number of pyridine rings is 1. The van der Waals surface area contributed by atoms with Crippen LogP contribution in [-0.2, 0) is 13.5 Å². The van der Waals surface area contributed by atoms with Crippen LogP contribution >= 0.6 is 0 Å². The minimum atomic E-state index is -0.212. The molecule has 5 rings (SSSR count). The third-order valence-corrected chi connectivity index (χ3v) is 4.84. The van der Waals surface area contributed by atoms with Crippen molar-refractivity contribution < 1.29 is 4.39 Å². The summed E-state index contributed by atoms with van der Waals surface area (Å²) in [6.07, 6.45) is 7.92. The van der Waals surface area contributed by atoms with Gasteiger partial charge in [0.2, 0.25) is 0 Å². The van der Waals surface area contributed by atoms with Crippen LogP contribution in [-0.4, -0.2) is 37.8 Å². The Hall–Kier alpha value is -3.61. The van der Waals surface area contributed by atoms with Crippen LogP contribution in [0.3, 0.4) is 0 Å². The number of aliphatic imine (C=N–C) groups is 2. The Bertz CT molecular complexity index is 1250. The number of halogens is 1. The summed E-state index contributed by atoms with van der Waals surface area (Å²) in [5.74, 6) is 0.443. The van der Waals surface area contributed by atoms with E-state index in [1.165, 1.54) is 6.07 Å². The largest absolute Gasteiger partial charge is 0.345 e. The first-order valence-corrected chi connectivity index (χ1v) is 8.98. The molecule has 28 heavy (non-hydrogen) atoms. The Labute approximate surface area is 160 Å². The number of amidine groups is 1. The molecule has 1 N–H and O–H groups in total. The number of fused-ring (bicyclic) bond motifs is 1. The van der Waals surface area contributed by atoms with E-state index in [4.69, 9.17) is 0 Å². The van der Waals surface area contributed by atoms with Gasteiger partial charge >= 0.3 is 0 Å². The van der Waals surface area contributed by atoms with Crippen molar-refractivity contribution in [3.63, 3.8) is 0 Å². The molecular weight excluding hydrogens is 355 g/mol. The zero-order chi connectivity index (χ0) is 19.1. The monoisotopic (exact) mass is 372 g/mol. The molecule has 1 aliphatic rings. The maximum atomic E-state index is 13.9. The Morgan fingerprint density at radius 2 is 2.07 bits per heavy atom. The average molecular weight is 372 g/mol. The second kappa shape index (κ2) is 6.53. The van der Waals surface area contributed by atoms with Gasteiger partial charge in [0, 0.05) is 59.8 Å². The fourth-order valence-electron chi connectivity index (χ4n) is 3.41. The number of aryl methyl sites for hydroxylation is 1. The molecule has 1 aliphatic heterocycles. The van der Waals surface area contributed by atoms with Gasteiger partial charge in [-0.3, -0.25) is 9.67 Å². The zero-order valence-electron chi connectivity index (χ0n) is 15.2. The summed E-state index contributed by atoms with van der Waals surface area (Å²) < 4.78 is 15.7. The number of hydrogen-bond donors (Lipinski definition) is 1. The molecule has 0 aliphatic carbocycles. The number of rotatable bonds is 4.